The molecule has 108 valence electrons. The number of halogens is 2. The van der Waals surface area contributed by atoms with Crippen molar-refractivity contribution in [1.82, 2.24) is 10.3 Å². The van der Waals surface area contributed by atoms with Gasteiger partial charge in [-0.3, -0.25) is 9.59 Å². The van der Waals surface area contributed by atoms with Crippen molar-refractivity contribution in [3.8, 4) is 0 Å². The van der Waals surface area contributed by atoms with Crippen molar-refractivity contribution < 1.29 is 9.59 Å². The summed E-state index contributed by atoms with van der Waals surface area (Å²) < 4.78 is 0. The third-order valence-electron chi connectivity index (χ3n) is 2.66. The number of hydrogen-bond acceptors (Lipinski definition) is 3. The van der Waals surface area contributed by atoms with E-state index in [1.165, 1.54) is 25.4 Å². The largest absolute Gasteiger partial charge is 0.355 e. The average Bonchev–Trinajstić information content (AvgIpc) is 2.48. The van der Waals surface area contributed by atoms with Crippen molar-refractivity contribution >= 4 is 40.7 Å². The molecule has 0 unspecified atom stereocenters. The molecule has 0 aliphatic heterocycles. The summed E-state index contributed by atoms with van der Waals surface area (Å²) >= 11 is 11.6. The average molecular weight is 324 g/mol. The molecule has 0 aliphatic carbocycles. The van der Waals surface area contributed by atoms with Crippen molar-refractivity contribution in [1.29, 1.82) is 0 Å². The van der Waals surface area contributed by atoms with Gasteiger partial charge in [-0.05, 0) is 30.3 Å². The van der Waals surface area contributed by atoms with E-state index >= 15 is 0 Å². The first kappa shape index (κ1) is 15.3. The number of benzene rings is 1. The number of aromatic nitrogens is 1. The van der Waals surface area contributed by atoms with Crippen molar-refractivity contribution in [3.05, 3.63) is 57.8 Å². The van der Waals surface area contributed by atoms with Crippen LogP contribution in [0.4, 0.5) is 5.69 Å². The molecule has 2 amide bonds. The number of hydrogen-bond donors (Lipinski definition) is 2. The topological polar surface area (TPSA) is 71.1 Å². The number of anilines is 1. The standard InChI is InChI=1S/C14H11Cl2N3O2/c1-17-13(20)10-6-8(15)2-4-11(10)19-14(21)12-5-3-9(16)7-18-12/h2-7H,1H3,(H,17,20)(H,19,21). The fraction of sp³-hybridized carbons (Fsp3) is 0.0714. The Labute approximate surface area is 131 Å². The molecule has 21 heavy (non-hydrogen) atoms. The van der Waals surface area contributed by atoms with Crippen molar-refractivity contribution in [2.24, 2.45) is 0 Å². The number of amides is 2. The van der Waals surface area contributed by atoms with E-state index < -0.39 is 5.91 Å². The summed E-state index contributed by atoms with van der Waals surface area (Å²) in [5.41, 5.74) is 0.810. The fourth-order valence-electron chi connectivity index (χ4n) is 1.64. The van der Waals surface area contributed by atoms with Crippen molar-refractivity contribution in [2.75, 3.05) is 12.4 Å². The maximum Gasteiger partial charge on any atom is 0.274 e. The minimum absolute atomic E-state index is 0.192. The van der Waals surface area contributed by atoms with Crippen LogP contribution in [0.2, 0.25) is 10.0 Å². The zero-order valence-corrected chi connectivity index (χ0v) is 12.5. The Kier molecular flexibility index (Phi) is 4.77. The number of nitrogens with zero attached hydrogens (tertiary/aromatic N) is 1. The number of carbonyl (C=O) groups excluding carboxylic acids is 2. The molecule has 0 fully saturated rings. The first-order valence-electron chi connectivity index (χ1n) is 5.96. The fourth-order valence-corrected chi connectivity index (χ4v) is 1.93. The highest BCUT2D eigenvalue weighted by Gasteiger charge is 2.14. The van der Waals surface area contributed by atoms with Crippen LogP contribution in [0.3, 0.4) is 0 Å². The Hall–Kier alpha value is -2.11. The molecule has 0 spiro atoms. The summed E-state index contributed by atoms with van der Waals surface area (Å²) in [6.07, 6.45) is 1.37. The quantitative estimate of drug-likeness (QED) is 0.912. The van der Waals surface area contributed by atoms with Crippen LogP contribution in [0, 0.1) is 0 Å². The second kappa shape index (κ2) is 6.56. The van der Waals surface area contributed by atoms with Crippen LogP contribution in [-0.4, -0.2) is 23.8 Å². The van der Waals surface area contributed by atoms with E-state index in [2.05, 4.69) is 15.6 Å². The first-order valence-corrected chi connectivity index (χ1v) is 6.71. The van der Waals surface area contributed by atoms with Crippen LogP contribution in [0.5, 0.6) is 0 Å². The molecule has 0 saturated heterocycles. The summed E-state index contributed by atoms with van der Waals surface area (Å²) in [5, 5.41) is 5.95. The van der Waals surface area contributed by atoms with Gasteiger partial charge in [-0.1, -0.05) is 23.2 Å². The second-order valence-corrected chi connectivity index (χ2v) is 4.96. The molecular weight excluding hydrogens is 313 g/mol. The zero-order valence-electron chi connectivity index (χ0n) is 11.0. The Morgan fingerprint density at radius 2 is 1.76 bits per heavy atom. The van der Waals surface area contributed by atoms with Crippen LogP contribution in [0.15, 0.2) is 36.5 Å². The third-order valence-corrected chi connectivity index (χ3v) is 3.12. The van der Waals surface area contributed by atoms with E-state index in [1.807, 2.05) is 0 Å². The molecule has 1 aromatic heterocycles. The lowest BCUT2D eigenvalue weighted by Crippen LogP contribution is -2.22. The lowest BCUT2D eigenvalue weighted by molar-refractivity contribution is 0.0964. The molecule has 2 aromatic rings. The molecule has 0 aliphatic rings. The van der Waals surface area contributed by atoms with E-state index in [0.29, 0.717) is 15.7 Å². The van der Waals surface area contributed by atoms with Gasteiger partial charge in [-0.2, -0.15) is 0 Å². The van der Waals surface area contributed by atoms with Gasteiger partial charge in [0.2, 0.25) is 0 Å². The molecule has 2 N–H and O–H groups in total. The van der Waals surface area contributed by atoms with Crippen molar-refractivity contribution in [3.63, 3.8) is 0 Å². The molecule has 1 heterocycles. The van der Waals surface area contributed by atoms with Gasteiger partial charge < -0.3 is 10.6 Å². The summed E-state index contributed by atoms with van der Waals surface area (Å²) in [6.45, 7) is 0. The lowest BCUT2D eigenvalue weighted by Gasteiger charge is -2.10. The number of pyridine rings is 1. The van der Waals surface area contributed by atoms with Gasteiger partial charge in [0.1, 0.15) is 5.69 Å². The monoisotopic (exact) mass is 323 g/mol. The number of rotatable bonds is 3. The highest BCUT2D eigenvalue weighted by molar-refractivity contribution is 6.31. The molecule has 5 nitrogen and oxygen atoms in total. The van der Waals surface area contributed by atoms with Crippen LogP contribution < -0.4 is 10.6 Å². The van der Waals surface area contributed by atoms with E-state index in [9.17, 15) is 9.59 Å². The van der Waals surface area contributed by atoms with Crippen LogP contribution >= 0.6 is 23.2 Å². The van der Waals surface area contributed by atoms with Crippen molar-refractivity contribution in [2.45, 2.75) is 0 Å². The second-order valence-electron chi connectivity index (χ2n) is 4.08. The number of nitrogens with one attached hydrogen (secondary N) is 2. The van der Waals surface area contributed by atoms with Gasteiger partial charge >= 0.3 is 0 Å². The lowest BCUT2D eigenvalue weighted by atomic mass is 10.1. The smallest absolute Gasteiger partial charge is 0.274 e. The Balaban J connectivity index is 2.28. The maximum atomic E-state index is 12.1. The van der Waals surface area contributed by atoms with E-state index in [1.54, 1.807) is 18.2 Å². The molecule has 0 bridgehead atoms. The molecular formula is C14H11Cl2N3O2. The van der Waals surface area contributed by atoms with Gasteiger partial charge in [0.15, 0.2) is 0 Å². The van der Waals surface area contributed by atoms with Crippen LogP contribution in [-0.2, 0) is 0 Å². The minimum atomic E-state index is -0.445. The third kappa shape index (κ3) is 3.71. The molecule has 1 aromatic carbocycles. The number of carbonyl (C=O) groups is 2. The van der Waals surface area contributed by atoms with E-state index in [4.69, 9.17) is 23.2 Å². The molecule has 0 radical (unpaired) electrons. The molecule has 0 saturated carbocycles. The highest BCUT2D eigenvalue weighted by atomic mass is 35.5. The van der Waals surface area contributed by atoms with E-state index in [-0.39, 0.29) is 17.2 Å². The normalized spacial score (nSPS) is 10.0. The minimum Gasteiger partial charge on any atom is -0.355 e. The summed E-state index contributed by atoms with van der Waals surface area (Å²) in [7, 11) is 1.50. The molecule has 7 heteroatoms. The Morgan fingerprint density at radius 3 is 2.38 bits per heavy atom. The molecule has 2 rings (SSSR count). The molecule has 0 atom stereocenters. The predicted octanol–water partition coefficient (Wildman–Crippen LogP) is 3.00. The van der Waals surface area contributed by atoms with Gasteiger partial charge in [0, 0.05) is 18.3 Å². The zero-order chi connectivity index (χ0) is 15.4. The first-order chi connectivity index (χ1) is 10.0. The van der Waals surface area contributed by atoms with Crippen LogP contribution in [0.1, 0.15) is 20.8 Å². The van der Waals surface area contributed by atoms with Gasteiger partial charge in [-0.25, -0.2) is 4.98 Å². The van der Waals surface area contributed by atoms with Gasteiger partial charge in [-0.15, -0.1) is 0 Å². The maximum absolute atomic E-state index is 12.1. The van der Waals surface area contributed by atoms with Gasteiger partial charge in [0.05, 0.1) is 16.3 Å². The van der Waals surface area contributed by atoms with Gasteiger partial charge in [0.25, 0.3) is 11.8 Å². The summed E-state index contributed by atoms with van der Waals surface area (Å²) in [5.74, 6) is -0.795. The highest BCUT2D eigenvalue weighted by Crippen LogP contribution is 2.21. The summed E-state index contributed by atoms with van der Waals surface area (Å²) in [6, 6.07) is 7.67. The van der Waals surface area contributed by atoms with Crippen LogP contribution in [0.25, 0.3) is 0 Å². The predicted molar refractivity (Wildman–Crippen MR) is 82.0 cm³/mol. The summed E-state index contributed by atoms with van der Waals surface area (Å²) in [4.78, 5) is 27.8. The van der Waals surface area contributed by atoms with E-state index in [0.717, 1.165) is 0 Å². The Bertz CT molecular complexity index is 687. The SMILES string of the molecule is CNC(=O)c1cc(Cl)ccc1NC(=O)c1ccc(Cl)cn1. The Morgan fingerprint density at radius 1 is 1.05 bits per heavy atom.